The molecule has 3 nitrogen and oxygen atoms in total. The molecular formula is C20H18BrCl2NO2. The van der Waals surface area contributed by atoms with Crippen LogP contribution >= 0.6 is 39.1 Å². The molecular weight excluding hydrogens is 437 g/mol. The van der Waals surface area contributed by atoms with Gasteiger partial charge in [-0.1, -0.05) is 54.4 Å². The first-order valence-corrected chi connectivity index (χ1v) is 9.88. The lowest BCUT2D eigenvalue weighted by atomic mass is 10.2. The lowest BCUT2D eigenvalue weighted by Crippen LogP contribution is -2.18. The van der Waals surface area contributed by atoms with Crippen molar-refractivity contribution in [2.24, 2.45) is 0 Å². The van der Waals surface area contributed by atoms with Crippen LogP contribution < -0.4 is 0 Å². The number of hydrogen-bond acceptors (Lipinski definition) is 2. The molecule has 3 rings (SSSR count). The van der Waals surface area contributed by atoms with Gasteiger partial charge in [-0.25, -0.2) is 4.79 Å². The van der Waals surface area contributed by atoms with E-state index in [2.05, 4.69) is 15.9 Å². The molecule has 1 heterocycles. The van der Waals surface area contributed by atoms with Crippen molar-refractivity contribution < 1.29 is 9.53 Å². The Morgan fingerprint density at radius 2 is 1.92 bits per heavy atom. The molecule has 0 saturated carbocycles. The average molecular weight is 455 g/mol. The van der Waals surface area contributed by atoms with Gasteiger partial charge in [0.05, 0.1) is 26.1 Å². The Labute approximate surface area is 171 Å². The van der Waals surface area contributed by atoms with Crippen LogP contribution in [-0.2, 0) is 11.3 Å². The summed E-state index contributed by atoms with van der Waals surface area (Å²) in [5, 5.41) is 1.96. The highest BCUT2D eigenvalue weighted by Gasteiger charge is 2.24. The Balaban J connectivity index is 2.11. The minimum Gasteiger partial charge on any atom is -0.458 e. The summed E-state index contributed by atoms with van der Waals surface area (Å²) in [6, 6.07) is 13.3. The molecule has 1 unspecified atom stereocenters. The SMILES string of the molecule is CCC(C)OC(=O)c1c(Br)c2ccccc2n1Cc1ccc(Cl)c(Cl)c1. The summed E-state index contributed by atoms with van der Waals surface area (Å²) < 4.78 is 8.27. The maximum Gasteiger partial charge on any atom is 0.356 e. The Bertz CT molecular complexity index is 968. The third-order valence-electron chi connectivity index (χ3n) is 4.31. The molecule has 0 spiro atoms. The second-order valence-electron chi connectivity index (χ2n) is 6.14. The Morgan fingerprint density at radius 3 is 2.62 bits per heavy atom. The molecule has 0 N–H and O–H groups in total. The van der Waals surface area contributed by atoms with Gasteiger partial charge < -0.3 is 9.30 Å². The Kier molecular flexibility index (Phi) is 5.96. The van der Waals surface area contributed by atoms with Gasteiger partial charge in [-0.05, 0) is 53.0 Å². The molecule has 0 aliphatic heterocycles. The quantitative estimate of drug-likeness (QED) is 0.401. The highest BCUT2D eigenvalue weighted by Crippen LogP contribution is 2.33. The van der Waals surface area contributed by atoms with Gasteiger partial charge >= 0.3 is 5.97 Å². The van der Waals surface area contributed by atoms with Gasteiger partial charge in [0.25, 0.3) is 0 Å². The number of halogens is 3. The van der Waals surface area contributed by atoms with Gasteiger partial charge in [0.15, 0.2) is 0 Å². The molecule has 2 aromatic carbocycles. The van der Waals surface area contributed by atoms with Crippen molar-refractivity contribution in [2.45, 2.75) is 32.9 Å². The molecule has 0 bridgehead atoms. The van der Waals surface area contributed by atoms with E-state index < -0.39 is 0 Å². The molecule has 0 fully saturated rings. The Hall–Kier alpha value is -1.49. The molecule has 0 amide bonds. The summed E-state index contributed by atoms with van der Waals surface area (Å²) in [5.74, 6) is -0.345. The van der Waals surface area contributed by atoms with Crippen LogP contribution in [0.5, 0.6) is 0 Å². The van der Waals surface area contributed by atoms with Crippen molar-refractivity contribution in [2.75, 3.05) is 0 Å². The monoisotopic (exact) mass is 453 g/mol. The second kappa shape index (κ2) is 8.03. The minimum atomic E-state index is -0.345. The summed E-state index contributed by atoms with van der Waals surface area (Å²) in [4.78, 5) is 12.8. The fourth-order valence-corrected chi connectivity index (χ4v) is 3.80. The number of benzene rings is 2. The van der Waals surface area contributed by atoms with Gasteiger partial charge in [-0.3, -0.25) is 0 Å². The molecule has 0 radical (unpaired) electrons. The van der Waals surface area contributed by atoms with Gasteiger partial charge in [0, 0.05) is 11.9 Å². The van der Waals surface area contributed by atoms with E-state index in [4.69, 9.17) is 27.9 Å². The first kappa shape index (κ1) is 19.3. The zero-order valence-electron chi connectivity index (χ0n) is 14.4. The molecule has 0 saturated heterocycles. The van der Waals surface area contributed by atoms with Crippen LogP contribution in [0.2, 0.25) is 10.0 Å². The zero-order chi connectivity index (χ0) is 18.8. The third-order valence-corrected chi connectivity index (χ3v) is 5.85. The smallest absolute Gasteiger partial charge is 0.356 e. The fourth-order valence-electron chi connectivity index (χ4n) is 2.77. The summed E-state index contributed by atoms with van der Waals surface area (Å²) in [7, 11) is 0. The van der Waals surface area contributed by atoms with E-state index in [0.29, 0.717) is 22.3 Å². The maximum atomic E-state index is 12.8. The van der Waals surface area contributed by atoms with Gasteiger partial charge in [-0.15, -0.1) is 0 Å². The van der Waals surface area contributed by atoms with Crippen molar-refractivity contribution in [1.29, 1.82) is 0 Å². The second-order valence-corrected chi connectivity index (χ2v) is 7.75. The van der Waals surface area contributed by atoms with E-state index in [1.54, 1.807) is 6.07 Å². The van der Waals surface area contributed by atoms with Crippen LogP contribution in [0.4, 0.5) is 0 Å². The standard InChI is InChI=1S/C20H18BrCl2NO2/c1-3-12(2)26-20(25)19-18(21)14-6-4-5-7-17(14)24(19)11-13-8-9-15(22)16(23)10-13/h4-10,12H,3,11H2,1-2H3. The number of para-hydroxylation sites is 1. The number of esters is 1. The largest absolute Gasteiger partial charge is 0.458 e. The van der Waals surface area contributed by atoms with Crippen molar-refractivity contribution in [1.82, 2.24) is 4.57 Å². The number of aromatic nitrogens is 1. The van der Waals surface area contributed by atoms with Crippen LogP contribution in [0.15, 0.2) is 46.9 Å². The number of rotatable bonds is 5. The van der Waals surface area contributed by atoms with Crippen molar-refractivity contribution in [3.8, 4) is 0 Å². The summed E-state index contributed by atoms with van der Waals surface area (Å²) in [6.07, 6.45) is 0.613. The van der Waals surface area contributed by atoms with Crippen molar-refractivity contribution >= 4 is 56.0 Å². The maximum absolute atomic E-state index is 12.8. The number of carbonyl (C=O) groups is 1. The number of nitrogens with zero attached hydrogens (tertiary/aromatic N) is 1. The van der Waals surface area contributed by atoms with Crippen molar-refractivity contribution in [3.05, 3.63) is 68.2 Å². The minimum absolute atomic E-state index is 0.147. The lowest BCUT2D eigenvalue weighted by Gasteiger charge is -2.14. The molecule has 3 aromatic rings. The van der Waals surface area contributed by atoms with Crippen LogP contribution in [0, 0.1) is 0 Å². The molecule has 1 atom stereocenters. The number of hydrogen-bond donors (Lipinski definition) is 0. The molecule has 1 aromatic heterocycles. The lowest BCUT2D eigenvalue weighted by molar-refractivity contribution is 0.0322. The summed E-state index contributed by atoms with van der Waals surface area (Å²) >= 11 is 15.8. The van der Waals surface area contributed by atoms with Gasteiger partial charge in [-0.2, -0.15) is 0 Å². The van der Waals surface area contributed by atoms with Gasteiger partial charge in [0.2, 0.25) is 0 Å². The van der Waals surface area contributed by atoms with Crippen LogP contribution in [0.25, 0.3) is 10.9 Å². The molecule has 136 valence electrons. The van der Waals surface area contributed by atoms with E-state index in [1.807, 2.05) is 54.8 Å². The normalized spacial score (nSPS) is 12.3. The topological polar surface area (TPSA) is 31.2 Å². The molecule has 26 heavy (non-hydrogen) atoms. The van der Waals surface area contributed by atoms with E-state index in [0.717, 1.165) is 27.4 Å². The predicted molar refractivity (Wildman–Crippen MR) is 110 cm³/mol. The third kappa shape index (κ3) is 3.78. The summed E-state index contributed by atoms with van der Waals surface area (Å²) in [6.45, 7) is 4.35. The molecule has 6 heteroatoms. The highest BCUT2D eigenvalue weighted by atomic mass is 79.9. The van der Waals surface area contributed by atoms with Crippen LogP contribution in [0.3, 0.4) is 0 Å². The zero-order valence-corrected chi connectivity index (χ0v) is 17.5. The first-order valence-electron chi connectivity index (χ1n) is 8.34. The fraction of sp³-hybridized carbons (Fsp3) is 0.250. The molecule has 0 aliphatic carbocycles. The van der Waals surface area contributed by atoms with Gasteiger partial charge in [0.1, 0.15) is 5.69 Å². The average Bonchev–Trinajstić information content (AvgIpc) is 2.90. The molecule has 0 aliphatic rings. The Morgan fingerprint density at radius 1 is 1.19 bits per heavy atom. The summed E-state index contributed by atoms with van der Waals surface area (Å²) in [5.41, 5.74) is 2.39. The number of carbonyl (C=O) groups excluding carboxylic acids is 1. The number of fused-ring (bicyclic) bond motifs is 1. The number of ether oxygens (including phenoxy) is 1. The van der Waals surface area contributed by atoms with E-state index >= 15 is 0 Å². The highest BCUT2D eigenvalue weighted by molar-refractivity contribution is 9.10. The van der Waals surface area contributed by atoms with E-state index in [-0.39, 0.29) is 12.1 Å². The first-order chi connectivity index (χ1) is 12.4. The van der Waals surface area contributed by atoms with E-state index in [9.17, 15) is 4.79 Å². The predicted octanol–water partition coefficient (Wildman–Crippen LogP) is 6.71. The van der Waals surface area contributed by atoms with Crippen molar-refractivity contribution in [3.63, 3.8) is 0 Å². The van der Waals surface area contributed by atoms with E-state index in [1.165, 1.54) is 0 Å². The van der Waals surface area contributed by atoms with Crippen LogP contribution in [-0.4, -0.2) is 16.6 Å². The van der Waals surface area contributed by atoms with Crippen LogP contribution in [0.1, 0.15) is 36.3 Å².